The summed E-state index contributed by atoms with van der Waals surface area (Å²) in [4.78, 5) is 4.76. The summed E-state index contributed by atoms with van der Waals surface area (Å²) in [6.07, 6.45) is 3.87. The Labute approximate surface area is 115 Å². The van der Waals surface area contributed by atoms with Crippen molar-refractivity contribution in [2.24, 2.45) is 0 Å². The van der Waals surface area contributed by atoms with E-state index in [0.717, 1.165) is 31.9 Å². The van der Waals surface area contributed by atoms with Gasteiger partial charge in [-0.1, -0.05) is 19.8 Å². The van der Waals surface area contributed by atoms with Crippen LogP contribution >= 0.6 is 0 Å². The molecule has 1 fully saturated rings. The monoisotopic (exact) mass is 265 g/mol. The minimum atomic E-state index is -0.264. The van der Waals surface area contributed by atoms with Gasteiger partial charge in [-0.3, -0.25) is 4.90 Å². The third-order valence-electron chi connectivity index (χ3n) is 3.78. The van der Waals surface area contributed by atoms with Gasteiger partial charge in [0.1, 0.15) is 5.82 Å². The number of benzene rings is 1. The summed E-state index contributed by atoms with van der Waals surface area (Å²) in [7, 11) is 0. The van der Waals surface area contributed by atoms with Gasteiger partial charge in [-0.25, -0.2) is 4.39 Å². The molecule has 1 aromatic carbocycles. The zero-order valence-electron chi connectivity index (χ0n) is 11.7. The lowest BCUT2D eigenvalue weighted by molar-refractivity contribution is 0.253. The summed E-state index contributed by atoms with van der Waals surface area (Å²) >= 11 is 0. The van der Waals surface area contributed by atoms with E-state index in [0.29, 0.717) is 5.69 Å². The number of nitrogen functional groups attached to an aromatic ring is 1. The molecule has 2 rings (SSSR count). The van der Waals surface area contributed by atoms with E-state index in [9.17, 15) is 4.39 Å². The molecular weight excluding hydrogens is 241 g/mol. The summed E-state index contributed by atoms with van der Waals surface area (Å²) in [6.45, 7) is 7.51. The molecule has 2 N–H and O–H groups in total. The van der Waals surface area contributed by atoms with Crippen LogP contribution < -0.4 is 10.6 Å². The Balaban J connectivity index is 1.85. The fraction of sp³-hybridized carbons (Fsp3) is 0.600. The fourth-order valence-corrected chi connectivity index (χ4v) is 2.61. The largest absolute Gasteiger partial charge is 0.397 e. The van der Waals surface area contributed by atoms with Gasteiger partial charge in [0.2, 0.25) is 0 Å². The number of anilines is 2. The lowest BCUT2D eigenvalue weighted by Crippen LogP contribution is -2.46. The maximum absolute atomic E-state index is 13.0. The minimum Gasteiger partial charge on any atom is -0.397 e. The van der Waals surface area contributed by atoms with Crippen molar-refractivity contribution in [3.8, 4) is 0 Å². The van der Waals surface area contributed by atoms with Crippen LogP contribution in [0.4, 0.5) is 15.8 Å². The molecule has 0 bridgehead atoms. The molecule has 0 radical (unpaired) electrons. The van der Waals surface area contributed by atoms with Crippen molar-refractivity contribution in [3.63, 3.8) is 0 Å². The number of unbranched alkanes of at least 4 members (excludes halogenated alkanes) is 2. The van der Waals surface area contributed by atoms with Crippen LogP contribution in [0.1, 0.15) is 26.2 Å². The third-order valence-corrected chi connectivity index (χ3v) is 3.78. The first-order valence-electron chi connectivity index (χ1n) is 7.23. The lowest BCUT2D eigenvalue weighted by atomic mass is 10.2. The normalized spacial score (nSPS) is 16.8. The summed E-state index contributed by atoms with van der Waals surface area (Å²) in [5.41, 5.74) is 7.40. The molecule has 1 heterocycles. The highest BCUT2D eigenvalue weighted by Crippen LogP contribution is 2.25. The molecule has 1 aliphatic heterocycles. The van der Waals surface area contributed by atoms with Crippen LogP contribution in [0.5, 0.6) is 0 Å². The van der Waals surface area contributed by atoms with Crippen molar-refractivity contribution < 1.29 is 4.39 Å². The molecule has 0 aliphatic carbocycles. The molecule has 106 valence electrons. The predicted octanol–water partition coefficient (Wildman–Crippen LogP) is 2.72. The van der Waals surface area contributed by atoms with Crippen LogP contribution in [-0.2, 0) is 0 Å². The van der Waals surface area contributed by atoms with Crippen molar-refractivity contribution in [2.45, 2.75) is 26.2 Å². The maximum Gasteiger partial charge on any atom is 0.125 e. The Morgan fingerprint density at radius 2 is 1.89 bits per heavy atom. The van der Waals surface area contributed by atoms with Gasteiger partial charge in [-0.15, -0.1) is 0 Å². The first-order valence-corrected chi connectivity index (χ1v) is 7.23. The molecule has 1 saturated heterocycles. The average Bonchev–Trinajstić information content (AvgIpc) is 2.40. The molecule has 0 saturated carbocycles. The average molecular weight is 265 g/mol. The quantitative estimate of drug-likeness (QED) is 0.656. The first-order chi connectivity index (χ1) is 9.20. The van der Waals surface area contributed by atoms with Crippen molar-refractivity contribution >= 4 is 11.4 Å². The van der Waals surface area contributed by atoms with E-state index in [1.54, 1.807) is 6.07 Å². The molecule has 0 atom stereocenters. The van der Waals surface area contributed by atoms with E-state index in [1.165, 1.54) is 37.9 Å². The smallest absolute Gasteiger partial charge is 0.125 e. The molecule has 0 unspecified atom stereocenters. The van der Waals surface area contributed by atoms with Crippen LogP contribution in [0.3, 0.4) is 0 Å². The number of nitrogens with two attached hydrogens (primary N) is 1. The van der Waals surface area contributed by atoms with E-state index in [2.05, 4.69) is 16.7 Å². The van der Waals surface area contributed by atoms with Gasteiger partial charge in [-0.2, -0.15) is 0 Å². The summed E-state index contributed by atoms with van der Waals surface area (Å²) in [5, 5.41) is 0. The standard InChI is InChI=1S/C15H24FN3/c1-2-3-4-7-18-8-10-19(11-9-18)15-6-5-13(16)12-14(15)17/h5-6,12H,2-4,7-11,17H2,1H3. The minimum absolute atomic E-state index is 0.264. The van der Waals surface area contributed by atoms with Crippen molar-refractivity contribution in [3.05, 3.63) is 24.0 Å². The number of rotatable bonds is 5. The number of piperazine rings is 1. The van der Waals surface area contributed by atoms with Gasteiger partial charge >= 0.3 is 0 Å². The molecule has 3 nitrogen and oxygen atoms in total. The summed E-state index contributed by atoms with van der Waals surface area (Å²) in [6, 6.07) is 4.68. The third kappa shape index (κ3) is 3.83. The molecule has 19 heavy (non-hydrogen) atoms. The Morgan fingerprint density at radius 3 is 2.53 bits per heavy atom. The van der Waals surface area contributed by atoms with Crippen LogP contribution in [0, 0.1) is 5.82 Å². The Kier molecular flexibility index (Phi) is 5.02. The topological polar surface area (TPSA) is 32.5 Å². The Hall–Kier alpha value is -1.29. The summed E-state index contributed by atoms with van der Waals surface area (Å²) < 4.78 is 13.0. The second-order valence-electron chi connectivity index (χ2n) is 5.24. The highest BCUT2D eigenvalue weighted by Gasteiger charge is 2.18. The zero-order valence-corrected chi connectivity index (χ0v) is 11.7. The Morgan fingerprint density at radius 1 is 1.16 bits per heavy atom. The second-order valence-corrected chi connectivity index (χ2v) is 5.24. The van der Waals surface area contributed by atoms with Crippen LogP contribution in [0.25, 0.3) is 0 Å². The van der Waals surface area contributed by atoms with Gasteiger partial charge in [0.25, 0.3) is 0 Å². The molecule has 0 aromatic heterocycles. The molecule has 1 aliphatic rings. The van der Waals surface area contributed by atoms with Crippen molar-refractivity contribution in [1.29, 1.82) is 0 Å². The number of hydrogen-bond acceptors (Lipinski definition) is 3. The zero-order chi connectivity index (χ0) is 13.7. The van der Waals surface area contributed by atoms with Crippen LogP contribution in [-0.4, -0.2) is 37.6 Å². The van der Waals surface area contributed by atoms with Crippen molar-refractivity contribution in [1.82, 2.24) is 4.90 Å². The highest BCUT2D eigenvalue weighted by molar-refractivity contribution is 5.67. The van der Waals surface area contributed by atoms with Gasteiger partial charge in [0.15, 0.2) is 0 Å². The molecule has 4 heteroatoms. The van der Waals surface area contributed by atoms with Crippen molar-refractivity contribution in [2.75, 3.05) is 43.4 Å². The van der Waals surface area contributed by atoms with Gasteiger partial charge in [0.05, 0.1) is 11.4 Å². The number of hydrogen-bond donors (Lipinski definition) is 1. The van der Waals surface area contributed by atoms with Crippen LogP contribution in [0.15, 0.2) is 18.2 Å². The first kappa shape index (κ1) is 14.1. The summed E-state index contributed by atoms with van der Waals surface area (Å²) in [5.74, 6) is -0.264. The molecule has 0 spiro atoms. The number of nitrogens with zero attached hydrogens (tertiary/aromatic N) is 2. The van der Waals surface area contributed by atoms with Gasteiger partial charge in [0, 0.05) is 26.2 Å². The maximum atomic E-state index is 13.0. The second kappa shape index (κ2) is 6.75. The van der Waals surface area contributed by atoms with E-state index in [4.69, 9.17) is 5.73 Å². The van der Waals surface area contributed by atoms with E-state index in [1.807, 2.05) is 0 Å². The lowest BCUT2D eigenvalue weighted by Gasteiger charge is -2.36. The molecule has 1 aromatic rings. The van der Waals surface area contributed by atoms with E-state index in [-0.39, 0.29) is 5.82 Å². The van der Waals surface area contributed by atoms with Gasteiger partial charge < -0.3 is 10.6 Å². The fourth-order valence-electron chi connectivity index (χ4n) is 2.61. The predicted molar refractivity (Wildman–Crippen MR) is 79.0 cm³/mol. The van der Waals surface area contributed by atoms with E-state index >= 15 is 0 Å². The SMILES string of the molecule is CCCCCN1CCN(c2ccc(F)cc2N)CC1. The highest BCUT2D eigenvalue weighted by atomic mass is 19.1. The Bertz CT molecular complexity index is 400. The van der Waals surface area contributed by atoms with E-state index < -0.39 is 0 Å². The molecular formula is C15H24FN3. The van der Waals surface area contributed by atoms with Crippen LogP contribution in [0.2, 0.25) is 0 Å². The molecule has 0 amide bonds. The van der Waals surface area contributed by atoms with Gasteiger partial charge in [-0.05, 0) is 31.2 Å². The number of halogens is 1.